The van der Waals surface area contributed by atoms with Crippen molar-refractivity contribution in [3.8, 4) is 11.2 Å². The molecular weight excluding hydrogens is 550 g/mol. The fraction of sp³-hybridized carbons (Fsp3) is 0.143. The van der Waals surface area contributed by atoms with E-state index in [1.54, 1.807) is 24.0 Å². The molecule has 206 valence electrons. The predicted molar refractivity (Wildman–Crippen MR) is 159 cm³/mol. The zero-order valence-corrected chi connectivity index (χ0v) is 23.8. The maximum absolute atomic E-state index is 9.95. The van der Waals surface area contributed by atoms with Crippen LogP contribution in [0.15, 0.2) is 65.6 Å². The molecule has 0 spiro atoms. The minimum atomic E-state index is 0.274. The molecule has 42 heavy (non-hydrogen) atoms. The normalized spacial score (nSPS) is 11.2. The van der Waals surface area contributed by atoms with Crippen molar-refractivity contribution in [1.29, 1.82) is 5.26 Å². The van der Waals surface area contributed by atoms with Crippen LogP contribution >= 0.6 is 11.3 Å². The average Bonchev–Trinajstić information content (AvgIpc) is 3.55. The first-order valence-electron chi connectivity index (χ1n) is 12.8. The van der Waals surface area contributed by atoms with E-state index in [9.17, 15) is 5.26 Å². The number of azo groups is 1. The van der Waals surface area contributed by atoms with E-state index in [1.807, 2.05) is 51.1 Å². The van der Waals surface area contributed by atoms with E-state index in [4.69, 9.17) is 9.97 Å². The van der Waals surface area contributed by atoms with Gasteiger partial charge < -0.3 is 10.6 Å². The molecule has 14 heteroatoms. The van der Waals surface area contributed by atoms with Crippen LogP contribution in [0.25, 0.3) is 15.3 Å². The van der Waals surface area contributed by atoms with Gasteiger partial charge in [-0.1, -0.05) is 23.5 Å². The number of nitrogens with zero attached hydrogens (tertiary/aromatic N) is 11. The van der Waals surface area contributed by atoms with Crippen LogP contribution < -0.4 is 10.6 Å². The molecule has 0 atom stereocenters. The summed E-state index contributed by atoms with van der Waals surface area (Å²) in [5, 5.41) is 30.8. The van der Waals surface area contributed by atoms with Gasteiger partial charge >= 0.3 is 0 Å². The summed E-state index contributed by atoms with van der Waals surface area (Å²) in [5.41, 5.74) is 4.57. The van der Waals surface area contributed by atoms with Gasteiger partial charge in [0.2, 0.25) is 5.13 Å². The summed E-state index contributed by atoms with van der Waals surface area (Å²) in [6, 6.07) is 11.8. The molecule has 2 N–H and O–H groups in total. The molecule has 0 amide bonds. The number of anilines is 4. The van der Waals surface area contributed by atoms with Crippen LogP contribution in [0.4, 0.5) is 34.8 Å². The number of pyridine rings is 1. The van der Waals surface area contributed by atoms with Crippen molar-refractivity contribution in [3.63, 3.8) is 0 Å². The van der Waals surface area contributed by atoms with E-state index >= 15 is 0 Å². The molecule has 0 fully saturated rings. The summed E-state index contributed by atoms with van der Waals surface area (Å²) in [5.74, 6) is 2.41. The topological polar surface area (TPSA) is 168 Å². The molecule has 0 aliphatic carbocycles. The highest BCUT2D eigenvalue weighted by molar-refractivity contribution is 7.20. The first-order chi connectivity index (χ1) is 20.4. The highest BCUT2D eigenvalue weighted by atomic mass is 32.1. The zero-order chi connectivity index (χ0) is 29.2. The Bertz CT molecular complexity index is 1990. The number of hydrogen-bond acceptors (Lipinski definition) is 13. The van der Waals surface area contributed by atoms with Gasteiger partial charge in [0, 0.05) is 23.5 Å². The molecule has 0 aliphatic heterocycles. The van der Waals surface area contributed by atoms with Crippen LogP contribution in [0, 0.1) is 39.0 Å². The van der Waals surface area contributed by atoms with Gasteiger partial charge in [0.15, 0.2) is 11.6 Å². The minimum absolute atomic E-state index is 0.274. The van der Waals surface area contributed by atoms with Crippen LogP contribution in [-0.4, -0.2) is 39.7 Å². The Labute approximate surface area is 244 Å². The predicted octanol–water partition coefficient (Wildman–Crippen LogP) is 6.46. The summed E-state index contributed by atoms with van der Waals surface area (Å²) < 4.78 is 2.55. The molecule has 0 saturated carbocycles. The highest BCUT2D eigenvalue weighted by Gasteiger charge is 2.20. The fourth-order valence-electron chi connectivity index (χ4n) is 4.16. The molecular formula is C28H23N13S. The van der Waals surface area contributed by atoms with Gasteiger partial charge in [0.1, 0.15) is 47.4 Å². The second-order valence-electron chi connectivity index (χ2n) is 9.35. The van der Waals surface area contributed by atoms with E-state index in [0.717, 1.165) is 26.9 Å². The van der Waals surface area contributed by atoms with Crippen LogP contribution in [-0.2, 0) is 0 Å². The lowest BCUT2D eigenvalue weighted by molar-refractivity contribution is 0.848. The molecule has 0 unspecified atom stereocenters. The Morgan fingerprint density at radius 2 is 1.57 bits per heavy atom. The molecule has 13 nitrogen and oxygen atoms in total. The molecule has 6 aromatic rings. The van der Waals surface area contributed by atoms with Gasteiger partial charge in [-0.3, -0.25) is 0 Å². The summed E-state index contributed by atoms with van der Waals surface area (Å²) in [4.78, 5) is 26.3. The Kier molecular flexibility index (Phi) is 6.99. The zero-order valence-electron chi connectivity index (χ0n) is 23.0. The Balaban J connectivity index is 1.45. The third-order valence-electron chi connectivity index (χ3n) is 6.31. The van der Waals surface area contributed by atoms with E-state index in [2.05, 4.69) is 52.0 Å². The van der Waals surface area contributed by atoms with Crippen molar-refractivity contribution in [3.05, 3.63) is 83.3 Å². The first-order valence-corrected chi connectivity index (χ1v) is 13.6. The van der Waals surface area contributed by atoms with Crippen molar-refractivity contribution in [2.24, 2.45) is 10.2 Å². The fourth-order valence-corrected chi connectivity index (χ4v) is 5.08. The standard InChI is InChI=1S/C28H23N13S/c1-15-9-22(35-24-16(2)11-30-13-32-24)36-26(37-25-17(3)12-31-14-33-25)23(15)38-39-27-19(10-29)18(4)40-41(27)28-34-20-7-5-6-8-21(20)42-28/h5-9,11-14H,1-4H3,(H2,30,31,32,33,35,36,37). The molecule has 0 saturated heterocycles. The Morgan fingerprint density at radius 3 is 2.26 bits per heavy atom. The molecule has 6 rings (SSSR count). The highest BCUT2D eigenvalue weighted by Crippen LogP contribution is 2.36. The van der Waals surface area contributed by atoms with E-state index in [0.29, 0.717) is 45.3 Å². The molecule has 5 heterocycles. The summed E-state index contributed by atoms with van der Waals surface area (Å²) in [7, 11) is 0. The monoisotopic (exact) mass is 573 g/mol. The summed E-state index contributed by atoms with van der Waals surface area (Å²) in [6.07, 6.45) is 6.34. The quantitative estimate of drug-likeness (QED) is 0.202. The maximum Gasteiger partial charge on any atom is 0.213 e. The van der Waals surface area contributed by atoms with Crippen molar-refractivity contribution in [2.45, 2.75) is 27.7 Å². The Morgan fingerprint density at radius 1 is 0.857 bits per heavy atom. The number of nitrogens with one attached hydrogen (secondary N) is 2. The molecule has 5 aromatic heterocycles. The van der Waals surface area contributed by atoms with Gasteiger partial charge in [0.05, 0.1) is 15.9 Å². The van der Waals surface area contributed by atoms with Crippen molar-refractivity contribution < 1.29 is 0 Å². The molecule has 0 aliphatic rings. The van der Waals surface area contributed by atoms with E-state index < -0.39 is 0 Å². The third-order valence-corrected chi connectivity index (χ3v) is 7.33. The largest absolute Gasteiger partial charge is 0.325 e. The number of hydrogen-bond donors (Lipinski definition) is 2. The van der Waals surface area contributed by atoms with Crippen LogP contribution in [0.2, 0.25) is 0 Å². The van der Waals surface area contributed by atoms with Gasteiger partial charge in [-0.25, -0.2) is 29.9 Å². The summed E-state index contributed by atoms with van der Waals surface area (Å²) in [6.45, 7) is 7.45. The molecule has 1 aromatic carbocycles. The number of thiazole rings is 1. The van der Waals surface area contributed by atoms with Gasteiger partial charge in [0.25, 0.3) is 0 Å². The number of aryl methyl sites for hydroxylation is 4. The number of rotatable bonds is 7. The lowest BCUT2D eigenvalue weighted by atomic mass is 10.2. The number of aromatic nitrogens is 8. The molecule has 0 radical (unpaired) electrons. The smallest absolute Gasteiger partial charge is 0.213 e. The third kappa shape index (κ3) is 5.11. The van der Waals surface area contributed by atoms with E-state index in [1.165, 1.54) is 24.0 Å². The average molecular weight is 574 g/mol. The summed E-state index contributed by atoms with van der Waals surface area (Å²) >= 11 is 1.45. The van der Waals surface area contributed by atoms with Gasteiger partial charge in [-0.2, -0.15) is 15.0 Å². The van der Waals surface area contributed by atoms with Gasteiger partial charge in [-0.05, 0) is 51.5 Å². The van der Waals surface area contributed by atoms with Crippen LogP contribution in [0.3, 0.4) is 0 Å². The first kappa shape index (κ1) is 26.5. The maximum atomic E-state index is 9.95. The van der Waals surface area contributed by atoms with Crippen LogP contribution in [0.1, 0.15) is 27.9 Å². The number of para-hydroxylation sites is 1. The van der Waals surface area contributed by atoms with Crippen molar-refractivity contribution >= 4 is 56.3 Å². The van der Waals surface area contributed by atoms with Gasteiger partial charge in [-0.15, -0.1) is 10.2 Å². The second kappa shape index (κ2) is 11.1. The van der Waals surface area contributed by atoms with E-state index in [-0.39, 0.29) is 5.82 Å². The number of fused-ring (bicyclic) bond motifs is 1. The van der Waals surface area contributed by atoms with Crippen LogP contribution in [0.5, 0.6) is 0 Å². The number of benzene rings is 1. The molecule has 0 bridgehead atoms. The van der Waals surface area contributed by atoms with Crippen molar-refractivity contribution in [2.75, 3.05) is 10.6 Å². The lowest BCUT2D eigenvalue weighted by Gasteiger charge is -2.14. The lowest BCUT2D eigenvalue weighted by Crippen LogP contribution is -2.04. The number of nitriles is 1. The SMILES string of the molecule is Cc1cncnc1Nc1cc(C)c(N=Nc2c(C#N)c(C)nn2-c2nc3ccccc3s2)c(Nc2ncncc2C)n1. The minimum Gasteiger partial charge on any atom is -0.325 e. The second-order valence-corrected chi connectivity index (χ2v) is 10.4. The van der Waals surface area contributed by atoms with Crippen molar-refractivity contribution in [1.82, 2.24) is 39.7 Å². The Hall–Kier alpha value is -5.68.